The lowest BCUT2D eigenvalue weighted by atomic mass is 10.1. The molecule has 0 radical (unpaired) electrons. The van der Waals surface area contributed by atoms with Crippen LogP contribution in [0.4, 0.5) is 15.9 Å². The zero-order valence-corrected chi connectivity index (χ0v) is 10.7. The summed E-state index contributed by atoms with van der Waals surface area (Å²) in [6.45, 7) is 3.86. The molecule has 1 aromatic carbocycles. The Labute approximate surface area is 106 Å². The third kappa shape index (κ3) is 2.30. The van der Waals surface area contributed by atoms with E-state index in [0.29, 0.717) is 5.69 Å². The van der Waals surface area contributed by atoms with Gasteiger partial charge in [0, 0.05) is 7.05 Å². The van der Waals surface area contributed by atoms with Crippen molar-refractivity contribution in [3.05, 3.63) is 41.3 Å². The molecule has 0 fully saturated rings. The fourth-order valence-electron chi connectivity index (χ4n) is 1.89. The number of benzene rings is 1. The molecule has 96 valence electrons. The number of nitrogens with zero attached hydrogens (tertiary/aromatic N) is 2. The number of aryl methyl sites for hydroxylation is 2. The summed E-state index contributed by atoms with van der Waals surface area (Å²) >= 11 is 0. The van der Waals surface area contributed by atoms with Gasteiger partial charge in [-0.25, -0.2) is 4.39 Å². The largest absolute Gasteiger partial charge is 0.394 e. The lowest BCUT2D eigenvalue weighted by molar-refractivity contribution is 0.626. The van der Waals surface area contributed by atoms with Crippen LogP contribution in [0.15, 0.2) is 24.3 Å². The molecule has 1 unspecified atom stereocenters. The molecule has 2 aromatic rings. The molecule has 0 spiro atoms. The first-order valence-corrected chi connectivity index (χ1v) is 5.80. The number of halogens is 1. The maximum absolute atomic E-state index is 12.9. The van der Waals surface area contributed by atoms with Gasteiger partial charge in [-0.05, 0) is 31.5 Å². The molecule has 0 aliphatic rings. The van der Waals surface area contributed by atoms with E-state index in [1.54, 1.807) is 16.8 Å². The number of nitrogens with one attached hydrogen (secondary N) is 1. The molecule has 0 saturated carbocycles. The summed E-state index contributed by atoms with van der Waals surface area (Å²) < 4.78 is 14.6. The standard InChI is InChI=1S/C13H17FN4/c1-8(10-4-6-11(14)7-5-10)16-13-12(15)9(2)17-18(13)3/h4-8,16H,15H2,1-3H3. The second kappa shape index (κ2) is 4.68. The molecular weight excluding hydrogens is 231 g/mol. The van der Waals surface area contributed by atoms with E-state index >= 15 is 0 Å². The van der Waals surface area contributed by atoms with E-state index in [0.717, 1.165) is 17.1 Å². The van der Waals surface area contributed by atoms with E-state index in [9.17, 15) is 4.39 Å². The van der Waals surface area contributed by atoms with Crippen molar-refractivity contribution in [2.75, 3.05) is 11.1 Å². The summed E-state index contributed by atoms with van der Waals surface area (Å²) in [5.74, 6) is 0.547. The zero-order chi connectivity index (χ0) is 13.3. The highest BCUT2D eigenvalue weighted by Gasteiger charge is 2.13. The number of rotatable bonds is 3. The summed E-state index contributed by atoms with van der Waals surface area (Å²) in [5, 5.41) is 7.53. The van der Waals surface area contributed by atoms with E-state index in [1.165, 1.54) is 12.1 Å². The van der Waals surface area contributed by atoms with Gasteiger partial charge in [0.15, 0.2) is 0 Å². The van der Waals surface area contributed by atoms with Crippen molar-refractivity contribution >= 4 is 11.5 Å². The van der Waals surface area contributed by atoms with E-state index in [4.69, 9.17) is 5.73 Å². The first-order chi connectivity index (χ1) is 8.49. The number of aromatic nitrogens is 2. The van der Waals surface area contributed by atoms with Crippen molar-refractivity contribution in [3.8, 4) is 0 Å². The molecule has 18 heavy (non-hydrogen) atoms. The van der Waals surface area contributed by atoms with Crippen molar-refractivity contribution in [3.63, 3.8) is 0 Å². The van der Waals surface area contributed by atoms with Crippen molar-refractivity contribution < 1.29 is 4.39 Å². The van der Waals surface area contributed by atoms with Crippen LogP contribution in [-0.2, 0) is 7.05 Å². The van der Waals surface area contributed by atoms with E-state index in [1.807, 2.05) is 20.9 Å². The van der Waals surface area contributed by atoms with Gasteiger partial charge in [0.1, 0.15) is 11.6 Å². The molecule has 1 heterocycles. The minimum atomic E-state index is -0.234. The van der Waals surface area contributed by atoms with Gasteiger partial charge in [-0.15, -0.1) is 0 Å². The summed E-state index contributed by atoms with van der Waals surface area (Å²) in [7, 11) is 1.84. The first-order valence-electron chi connectivity index (χ1n) is 5.80. The molecule has 5 heteroatoms. The highest BCUT2D eigenvalue weighted by molar-refractivity contribution is 5.65. The Morgan fingerprint density at radius 1 is 1.33 bits per heavy atom. The smallest absolute Gasteiger partial charge is 0.148 e. The third-order valence-corrected chi connectivity index (χ3v) is 2.99. The Morgan fingerprint density at radius 3 is 2.44 bits per heavy atom. The molecule has 2 rings (SSSR count). The highest BCUT2D eigenvalue weighted by atomic mass is 19.1. The van der Waals surface area contributed by atoms with E-state index < -0.39 is 0 Å². The Kier molecular flexibility index (Phi) is 3.23. The van der Waals surface area contributed by atoms with Crippen LogP contribution in [0.2, 0.25) is 0 Å². The van der Waals surface area contributed by atoms with Crippen LogP contribution in [0.3, 0.4) is 0 Å². The van der Waals surface area contributed by atoms with Crippen LogP contribution in [0.25, 0.3) is 0 Å². The maximum atomic E-state index is 12.9. The quantitative estimate of drug-likeness (QED) is 0.878. The zero-order valence-electron chi connectivity index (χ0n) is 10.7. The van der Waals surface area contributed by atoms with Gasteiger partial charge in [-0.2, -0.15) is 5.10 Å². The highest BCUT2D eigenvalue weighted by Crippen LogP contribution is 2.25. The number of hydrogen-bond acceptors (Lipinski definition) is 3. The minimum Gasteiger partial charge on any atom is -0.394 e. The summed E-state index contributed by atoms with van der Waals surface area (Å²) in [6.07, 6.45) is 0. The molecule has 0 saturated heterocycles. The van der Waals surface area contributed by atoms with Crippen molar-refractivity contribution in [1.29, 1.82) is 0 Å². The fraction of sp³-hybridized carbons (Fsp3) is 0.308. The van der Waals surface area contributed by atoms with E-state index in [-0.39, 0.29) is 11.9 Å². The van der Waals surface area contributed by atoms with Gasteiger partial charge < -0.3 is 11.1 Å². The molecule has 1 atom stereocenters. The second-order valence-electron chi connectivity index (χ2n) is 4.39. The number of anilines is 2. The second-order valence-corrected chi connectivity index (χ2v) is 4.39. The van der Waals surface area contributed by atoms with Crippen LogP contribution in [-0.4, -0.2) is 9.78 Å². The molecule has 0 aliphatic carbocycles. The average Bonchev–Trinajstić information content (AvgIpc) is 2.57. The van der Waals surface area contributed by atoms with Crippen LogP contribution in [0.5, 0.6) is 0 Å². The average molecular weight is 248 g/mol. The van der Waals surface area contributed by atoms with Gasteiger partial charge in [-0.1, -0.05) is 12.1 Å². The number of nitrogen functional groups attached to an aromatic ring is 1. The Bertz CT molecular complexity index is 545. The lowest BCUT2D eigenvalue weighted by Crippen LogP contribution is -2.11. The summed E-state index contributed by atoms with van der Waals surface area (Å²) in [5.41, 5.74) is 8.39. The van der Waals surface area contributed by atoms with Crippen LogP contribution in [0.1, 0.15) is 24.2 Å². The van der Waals surface area contributed by atoms with Crippen LogP contribution >= 0.6 is 0 Å². The lowest BCUT2D eigenvalue weighted by Gasteiger charge is -2.16. The molecule has 3 N–H and O–H groups in total. The van der Waals surface area contributed by atoms with E-state index in [2.05, 4.69) is 10.4 Å². The summed E-state index contributed by atoms with van der Waals surface area (Å²) in [6, 6.07) is 6.44. The van der Waals surface area contributed by atoms with Crippen molar-refractivity contribution in [2.45, 2.75) is 19.9 Å². The molecule has 4 nitrogen and oxygen atoms in total. The third-order valence-electron chi connectivity index (χ3n) is 2.99. The Hall–Kier alpha value is -2.04. The molecule has 0 bridgehead atoms. The van der Waals surface area contributed by atoms with Gasteiger partial charge in [0.2, 0.25) is 0 Å². The number of nitrogens with two attached hydrogens (primary N) is 1. The van der Waals surface area contributed by atoms with Crippen LogP contribution < -0.4 is 11.1 Å². The minimum absolute atomic E-state index is 0.0303. The monoisotopic (exact) mass is 248 g/mol. The first kappa shape index (κ1) is 12.4. The summed E-state index contributed by atoms with van der Waals surface area (Å²) in [4.78, 5) is 0. The van der Waals surface area contributed by atoms with Gasteiger partial charge in [0.25, 0.3) is 0 Å². The van der Waals surface area contributed by atoms with Gasteiger partial charge in [-0.3, -0.25) is 4.68 Å². The topological polar surface area (TPSA) is 55.9 Å². The Morgan fingerprint density at radius 2 is 1.94 bits per heavy atom. The van der Waals surface area contributed by atoms with Gasteiger partial charge in [0.05, 0.1) is 17.4 Å². The Balaban J connectivity index is 2.21. The maximum Gasteiger partial charge on any atom is 0.148 e. The van der Waals surface area contributed by atoms with Crippen molar-refractivity contribution in [2.24, 2.45) is 7.05 Å². The van der Waals surface area contributed by atoms with Gasteiger partial charge >= 0.3 is 0 Å². The normalized spacial score (nSPS) is 12.4. The molecule has 1 aromatic heterocycles. The SMILES string of the molecule is Cc1nn(C)c(NC(C)c2ccc(F)cc2)c1N. The van der Waals surface area contributed by atoms with Crippen LogP contribution in [0, 0.1) is 12.7 Å². The molecular formula is C13H17FN4. The number of hydrogen-bond donors (Lipinski definition) is 2. The molecule has 0 aliphatic heterocycles. The predicted molar refractivity (Wildman–Crippen MR) is 70.8 cm³/mol. The molecule has 0 amide bonds. The predicted octanol–water partition coefficient (Wildman–Crippen LogP) is 2.62. The fourth-order valence-corrected chi connectivity index (χ4v) is 1.89. The van der Waals surface area contributed by atoms with Crippen molar-refractivity contribution in [1.82, 2.24) is 9.78 Å².